The molecule has 0 atom stereocenters. The van der Waals surface area contributed by atoms with Crippen LogP contribution in [0.5, 0.6) is 11.5 Å². The molecule has 214 valence electrons. The van der Waals surface area contributed by atoms with Crippen molar-refractivity contribution in [3.63, 3.8) is 0 Å². The topological polar surface area (TPSA) is 18.5 Å². The van der Waals surface area contributed by atoms with Crippen LogP contribution in [0.3, 0.4) is 0 Å². The van der Waals surface area contributed by atoms with Crippen LogP contribution in [0.1, 0.15) is 80.8 Å². The molecule has 0 aliphatic rings. The maximum absolute atomic E-state index is 6.31. The van der Waals surface area contributed by atoms with E-state index in [0.717, 1.165) is 41.9 Å². The zero-order valence-electron chi connectivity index (χ0n) is 26.1. The fourth-order valence-electron chi connectivity index (χ4n) is 4.66. The van der Waals surface area contributed by atoms with Crippen LogP contribution in [0.25, 0.3) is 6.08 Å². The number of allylic oxidation sites excluding steroid dienone is 2. The Morgan fingerprint density at radius 1 is 0.875 bits per heavy atom. The first kappa shape index (κ1) is 32.7. The summed E-state index contributed by atoms with van der Waals surface area (Å²) in [4.78, 5) is 0. The first-order chi connectivity index (χ1) is 19.3. The lowest BCUT2D eigenvalue weighted by atomic mass is 9.91. The first-order valence-electron chi connectivity index (χ1n) is 14.8. The Balaban J connectivity index is 0.00000274. The molecular weight excluding hydrogens is 488 g/mol. The quantitative estimate of drug-likeness (QED) is 0.159. The van der Waals surface area contributed by atoms with Crippen LogP contribution in [-0.2, 0) is 13.0 Å². The summed E-state index contributed by atoms with van der Waals surface area (Å²) >= 11 is 0. The van der Waals surface area contributed by atoms with Crippen LogP contribution in [0, 0.1) is 26.7 Å². The third kappa shape index (κ3) is 10.6. The van der Waals surface area contributed by atoms with Gasteiger partial charge in [-0.2, -0.15) is 0 Å². The molecule has 3 rings (SSSR count). The van der Waals surface area contributed by atoms with Crippen molar-refractivity contribution in [1.29, 1.82) is 0 Å². The molecule has 0 aromatic heterocycles. The molecule has 0 N–H and O–H groups in total. The van der Waals surface area contributed by atoms with E-state index in [9.17, 15) is 0 Å². The average molecular weight is 539 g/mol. The van der Waals surface area contributed by atoms with Crippen molar-refractivity contribution in [3.8, 4) is 11.5 Å². The molecule has 3 aromatic carbocycles. The molecule has 0 saturated heterocycles. The highest BCUT2D eigenvalue weighted by Crippen LogP contribution is 2.26. The van der Waals surface area contributed by atoms with Gasteiger partial charge >= 0.3 is 0 Å². The zero-order chi connectivity index (χ0) is 29.5. The molecule has 0 fully saturated rings. The number of hydrogen-bond donors (Lipinski definition) is 0. The van der Waals surface area contributed by atoms with E-state index in [2.05, 4.69) is 103 Å². The Labute approximate surface area is 244 Å². The van der Waals surface area contributed by atoms with Gasteiger partial charge in [-0.05, 0) is 97.0 Å². The summed E-state index contributed by atoms with van der Waals surface area (Å²) < 4.78 is 12.4. The summed E-state index contributed by atoms with van der Waals surface area (Å²) in [6, 6.07) is 20.9. The SMILES string of the molecule is C=C(/C=C\c1ccccc1C)COc1cc(C)cc(OCc2cccc(C)c2CC/C(=C\CC)C(C)C)c1.CC. The third-order valence-corrected chi connectivity index (χ3v) is 6.91. The maximum Gasteiger partial charge on any atom is 0.123 e. The van der Waals surface area contributed by atoms with Gasteiger partial charge in [-0.15, -0.1) is 0 Å². The Hall–Kier alpha value is -3.52. The number of ether oxygens (including phenoxy) is 2. The lowest BCUT2D eigenvalue weighted by Crippen LogP contribution is -2.05. The van der Waals surface area contributed by atoms with Crippen molar-refractivity contribution in [3.05, 3.63) is 124 Å². The van der Waals surface area contributed by atoms with Crippen LogP contribution >= 0.6 is 0 Å². The molecule has 3 aromatic rings. The minimum atomic E-state index is 0.427. The van der Waals surface area contributed by atoms with Crippen molar-refractivity contribution in [1.82, 2.24) is 0 Å². The van der Waals surface area contributed by atoms with Crippen molar-refractivity contribution in [2.24, 2.45) is 5.92 Å². The lowest BCUT2D eigenvalue weighted by molar-refractivity contribution is 0.299. The Kier molecular flexibility index (Phi) is 14.1. The van der Waals surface area contributed by atoms with Gasteiger partial charge in [0.2, 0.25) is 0 Å². The molecule has 2 nitrogen and oxygen atoms in total. The standard InChI is InChI=1S/C36H44O2.C2H6/c1-8-12-31(26(2)3)19-20-36-30(7)14-11-16-33(36)25-38-35-22-28(5)21-34(23-35)37-24-27(4)17-18-32-15-10-9-13-29(32)6;1-2/h9-18,21-23,26H,4,8,19-20,24-25H2,1-3,5-7H3;1-2H3/b18-17-,31-12+;. The third-order valence-electron chi connectivity index (χ3n) is 6.91. The van der Waals surface area contributed by atoms with Gasteiger partial charge in [-0.3, -0.25) is 0 Å². The highest BCUT2D eigenvalue weighted by Gasteiger charge is 2.10. The second-order valence-electron chi connectivity index (χ2n) is 10.5. The van der Waals surface area contributed by atoms with Gasteiger partial charge < -0.3 is 9.47 Å². The number of hydrogen-bond acceptors (Lipinski definition) is 2. The molecule has 2 heteroatoms. The predicted octanol–water partition coefficient (Wildman–Crippen LogP) is 10.8. The van der Waals surface area contributed by atoms with Crippen LogP contribution in [0.15, 0.2) is 90.5 Å². The number of aryl methyl sites for hydroxylation is 3. The van der Waals surface area contributed by atoms with E-state index in [1.807, 2.05) is 38.1 Å². The lowest BCUT2D eigenvalue weighted by Gasteiger charge is -2.17. The van der Waals surface area contributed by atoms with Crippen LogP contribution in [-0.4, -0.2) is 6.61 Å². The zero-order valence-corrected chi connectivity index (χ0v) is 26.1. The molecule has 0 heterocycles. The highest BCUT2D eigenvalue weighted by molar-refractivity contribution is 5.56. The van der Waals surface area contributed by atoms with Gasteiger partial charge in [0.1, 0.15) is 24.7 Å². The second-order valence-corrected chi connectivity index (χ2v) is 10.5. The van der Waals surface area contributed by atoms with E-state index in [1.54, 1.807) is 5.57 Å². The van der Waals surface area contributed by atoms with Gasteiger partial charge in [0, 0.05) is 6.07 Å². The normalized spacial score (nSPS) is 11.4. The van der Waals surface area contributed by atoms with Crippen LogP contribution in [0.4, 0.5) is 0 Å². The molecule has 0 spiro atoms. The molecule has 0 saturated carbocycles. The van der Waals surface area contributed by atoms with E-state index in [0.29, 0.717) is 19.1 Å². The van der Waals surface area contributed by atoms with Gasteiger partial charge in [-0.25, -0.2) is 0 Å². The Morgan fingerprint density at radius 2 is 1.55 bits per heavy atom. The van der Waals surface area contributed by atoms with Crippen molar-refractivity contribution in [2.75, 3.05) is 6.61 Å². The number of benzene rings is 3. The predicted molar refractivity (Wildman–Crippen MR) is 174 cm³/mol. The van der Waals surface area contributed by atoms with Gasteiger partial charge in [0.15, 0.2) is 0 Å². The summed E-state index contributed by atoms with van der Waals surface area (Å²) in [6.45, 7) is 22.3. The fraction of sp³-hybridized carbons (Fsp3) is 0.368. The molecule has 40 heavy (non-hydrogen) atoms. The summed E-state index contributed by atoms with van der Waals surface area (Å²) in [7, 11) is 0. The minimum Gasteiger partial charge on any atom is -0.489 e. The first-order valence-corrected chi connectivity index (χ1v) is 14.8. The average Bonchev–Trinajstić information content (AvgIpc) is 2.94. The Morgan fingerprint density at radius 3 is 2.23 bits per heavy atom. The molecular formula is C38H50O2. The number of rotatable bonds is 13. The summed E-state index contributed by atoms with van der Waals surface area (Å²) in [5, 5.41) is 0. The highest BCUT2D eigenvalue weighted by atomic mass is 16.5. The Bertz CT molecular complexity index is 1280. The maximum atomic E-state index is 6.31. The molecule has 0 unspecified atom stereocenters. The van der Waals surface area contributed by atoms with Gasteiger partial charge in [-0.1, -0.05) is 107 Å². The molecule has 0 aliphatic heterocycles. The van der Waals surface area contributed by atoms with E-state index >= 15 is 0 Å². The second kappa shape index (κ2) is 17.2. The molecule has 0 bridgehead atoms. The summed E-state index contributed by atoms with van der Waals surface area (Å²) in [6.07, 6.45) is 9.72. The van der Waals surface area contributed by atoms with Crippen molar-refractivity contribution < 1.29 is 9.47 Å². The van der Waals surface area contributed by atoms with Crippen LogP contribution in [0.2, 0.25) is 0 Å². The van der Waals surface area contributed by atoms with Crippen molar-refractivity contribution in [2.45, 2.75) is 81.3 Å². The minimum absolute atomic E-state index is 0.427. The smallest absolute Gasteiger partial charge is 0.123 e. The summed E-state index contributed by atoms with van der Waals surface area (Å²) in [5.74, 6) is 2.20. The monoisotopic (exact) mass is 538 g/mol. The van der Waals surface area contributed by atoms with E-state index in [4.69, 9.17) is 9.47 Å². The van der Waals surface area contributed by atoms with Crippen molar-refractivity contribution >= 4 is 6.08 Å². The van der Waals surface area contributed by atoms with E-state index in [-0.39, 0.29) is 0 Å². The largest absolute Gasteiger partial charge is 0.489 e. The molecule has 0 radical (unpaired) electrons. The molecule has 0 amide bonds. The van der Waals surface area contributed by atoms with Gasteiger partial charge in [0.05, 0.1) is 0 Å². The van der Waals surface area contributed by atoms with E-state index < -0.39 is 0 Å². The molecule has 0 aliphatic carbocycles. The fourth-order valence-corrected chi connectivity index (χ4v) is 4.66. The van der Waals surface area contributed by atoms with Crippen LogP contribution < -0.4 is 9.47 Å². The van der Waals surface area contributed by atoms with E-state index in [1.165, 1.54) is 27.8 Å². The summed E-state index contributed by atoms with van der Waals surface area (Å²) in [5.41, 5.74) is 9.98. The van der Waals surface area contributed by atoms with Gasteiger partial charge in [0.25, 0.3) is 0 Å².